The maximum absolute atomic E-state index is 12.7. The van der Waals surface area contributed by atoms with E-state index < -0.39 is 0 Å². The number of aryl methyl sites for hydroxylation is 1. The Morgan fingerprint density at radius 1 is 0.757 bits per heavy atom. The topological polar surface area (TPSA) is 64.6 Å². The molecule has 3 rings (SSSR count). The van der Waals surface area contributed by atoms with Crippen LogP contribution in [0.4, 0.5) is 0 Å². The Balaban J connectivity index is 1.46. The molecule has 0 saturated heterocycles. The van der Waals surface area contributed by atoms with E-state index in [-0.39, 0.29) is 24.3 Å². The fraction of sp³-hybridized carbons (Fsp3) is 0.375. The highest BCUT2D eigenvalue weighted by Crippen LogP contribution is 2.17. The van der Waals surface area contributed by atoms with E-state index in [4.69, 9.17) is 9.47 Å². The molecule has 0 unspecified atom stereocenters. The summed E-state index contributed by atoms with van der Waals surface area (Å²) in [5.41, 5.74) is 3.54. The first-order chi connectivity index (χ1) is 18.1. The van der Waals surface area contributed by atoms with Crippen molar-refractivity contribution >= 4 is 11.9 Å². The molecule has 5 nitrogen and oxygen atoms in total. The highest BCUT2D eigenvalue weighted by atomic mass is 16.5. The van der Waals surface area contributed by atoms with E-state index in [1.807, 2.05) is 60.7 Å². The number of unbranched alkanes of at least 4 members (excludes halogenated alkanes) is 2. The van der Waals surface area contributed by atoms with Gasteiger partial charge in [-0.25, -0.2) is 0 Å². The Morgan fingerprint density at radius 3 is 2.11 bits per heavy atom. The van der Waals surface area contributed by atoms with Gasteiger partial charge in [0.15, 0.2) is 0 Å². The normalized spacial score (nSPS) is 11.5. The summed E-state index contributed by atoms with van der Waals surface area (Å²) in [5, 5.41) is 3.15. The third-order valence-corrected chi connectivity index (χ3v) is 6.23. The van der Waals surface area contributed by atoms with Crippen molar-refractivity contribution < 1.29 is 19.1 Å². The third kappa shape index (κ3) is 11.3. The minimum atomic E-state index is -0.229. The zero-order valence-corrected chi connectivity index (χ0v) is 21.9. The maximum atomic E-state index is 12.7. The second kappa shape index (κ2) is 16.2. The van der Waals surface area contributed by atoms with Gasteiger partial charge < -0.3 is 14.8 Å². The Morgan fingerprint density at radius 2 is 1.43 bits per heavy atom. The van der Waals surface area contributed by atoms with Gasteiger partial charge in [0.1, 0.15) is 12.4 Å². The molecule has 3 aromatic rings. The molecule has 1 atom stereocenters. The number of amides is 1. The number of carbonyl (C=O) groups is 2. The minimum absolute atomic E-state index is 0.0383. The highest BCUT2D eigenvalue weighted by Gasteiger charge is 2.16. The molecule has 0 saturated carbocycles. The van der Waals surface area contributed by atoms with Gasteiger partial charge in [-0.15, -0.1) is 0 Å². The second-order valence-corrected chi connectivity index (χ2v) is 9.28. The Kier molecular flexibility index (Phi) is 12.3. The van der Waals surface area contributed by atoms with Crippen LogP contribution in [-0.4, -0.2) is 24.5 Å². The van der Waals surface area contributed by atoms with Gasteiger partial charge in [-0.2, -0.15) is 0 Å². The number of ether oxygens (including phenoxy) is 2. The van der Waals surface area contributed by atoms with Crippen molar-refractivity contribution in [3.05, 3.63) is 102 Å². The van der Waals surface area contributed by atoms with Crippen molar-refractivity contribution in [1.82, 2.24) is 5.32 Å². The summed E-state index contributed by atoms with van der Waals surface area (Å²) in [7, 11) is 0. The number of hydrogen-bond donors (Lipinski definition) is 1. The van der Waals surface area contributed by atoms with E-state index in [2.05, 4.69) is 29.6 Å². The molecule has 37 heavy (non-hydrogen) atoms. The third-order valence-electron chi connectivity index (χ3n) is 6.23. The van der Waals surface area contributed by atoms with Crippen LogP contribution < -0.4 is 10.1 Å². The predicted molar refractivity (Wildman–Crippen MR) is 147 cm³/mol. The van der Waals surface area contributed by atoms with E-state index in [0.717, 1.165) is 42.6 Å². The van der Waals surface area contributed by atoms with Gasteiger partial charge in [0.2, 0.25) is 5.91 Å². The van der Waals surface area contributed by atoms with Crippen LogP contribution in [0.5, 0.6) is 5.75 Å². The van der Waals surface area contributed by atoms with Crippen LogP contribution in [0, 0.1) is 0 Å². The van der Waals surface area contributed by atoms with Gasteiger partial charge in [0, 0.05) is 18.9 Å². The van der Waals surface area contributed by atoms with Crippen molar-refractivity contribution in [3.8, 4) is 5.75 Å². The molecule has 3 aromatic carbocycles. The van der Waals surface area contributed by atoms with Crippen LogP contribution in [-0.2, 0) is 33.8 Å². The molecule has 1 amide bonds. The molecule has 0 radical (unpaired) electrons. The lowest BCUT2D eigenvalue weighted by Crippen LogP contribution is -2.36. The Bertz CT molecular complexity index is 1050. The van der Waals surface area contributed by atoms with Crippen LogP contribution in [0.2, 0.25) is 0 Å². The first-order valence-electron chi connectivity index (χ1n) is 13.4. The van der Waals surface area contributed by atoms with E-state index in [0.29, 0.717) is 32.5 Å². The van der Waals surface area contributed by atoms with Gasteiger partial charge >= 0.3 is 5.97 Å². The second-order valence-electron chi connectivity index (χ2n) is 9.28. The number of esters is 1. The molecule has 0 aliphatic rings. The fourth-order valence-corrected chi connectivity index (χ4v) is 4.23. The molecule has 0 bridgehead atoms. The quantitative estimate of drug-likeness (QED) is 0.181. The van der Waals surface area contributed by atoms with Crippen LogP contribution in [0.15, 0.2) is 84.9 Å². The molecule has 0 aliphatic carbocycles. The van der Waals surface area contributed by atoms with E-state index >= 15 is 0 Å². The summed E-state index contributed by atoms with van der Waals surface area (Å²) in [4.78, 5) is 24.6. The van der Waals surface area contributed by atoms with Crippen LogP contribution >= 0.6 is 0 Å². The van der Waals surface area contributed by atoms with E-state index in [1.165, 1.54) is 5.56 Å². The smallest absolute Gasteiger partial charge is 0.305 e. The molecular formula is C32H39NO4. The monoisotopic (exact) mass is 501 g/mol. The first-order valence-corrected chi connectivity index (χ1v) is 13.4. The minimum Gasteiger partial charge on any atom is -0.489 e. The van der Waals surface area contributed by atoms with Gasteiger partial charge in [-0.1, -0.05) is 79.2 Å². The van der Waals surface area contributed by atoms with Crippen molar-refractivity contribution in [1.29, 1.82) is 0 Å². The first kappa shape index (κ1) is 28.0. The van der Waals surface area contributed by atoms with Crippen molar-refractivity contribution in [2.45, 2.75) is 70.9 Å². The Labute approximate surface area is 221 Å². The molecule has 5 heteroatoms. The fourth-order valence-electron chi connectivity index (χ4n) is 4.23. The molecule has 1 N–H and O–H groups in total. The van der Waals surface area contributed by atoms with Crippen molar-refractivity contribution in [2.24, 2.45) is 0 Å². The maximum Gasteiger partial charge on any atom is 0.305 e. The summed E-state index contributed by atoms with van der Waals surface area (Å²) in [6.45, 7) is 2.68. The molecule has 0 aromatic heterocycles. The number of carbonyl (C=O) groups excluding carboxylic acids is 2. The van der Waals surface area contributed by atoms with Gasteiger partial charge in [-0.05, 0) is 67.9 Å². The summed E-state index contributed by atoms with van der Waals surface area (Å²) in [5.74, 6) is 0.610. The average Bonchev–Trinajstić information content (AvgIpc) is 2.92. The lowest BCUT2D eigenvalue weighted by Gasteiger charge is -2.19. The number of benzene rings is 3. The van der Waals surface area contributed by atoms with Crippen LogP contribution in [0.25, 0.3) is 0 Å². The zero-order valence-electron chi connectivity index (χ0n) is 21.9. The zero-order chi connectivity index (χ0) is 26.1. The molecule has 0 spiro atoms. The highest BCUT2D eigenvalue weighted by molar-refractivity contribution is 5.76. The van der Waals surface area contributed by atoms with Gasteiger partial charge in [0.05, 0.1) is 6.61 Å². The molecule has 196 valence electrons. The van der Waals surface area contributed by atoms with Gasteiger partial charge in [-0.3, -0.25) is 9.59 Å². The Hall–Kier alpha value is -3.60. The average molecular weight is 502 g/mol. The lowest BCUT2D eigenvalue weighted by atomic mass is 10.0. The largest absolute Gasteiger partial charge is 0.489 e. The summed E-state index contributed by atoms with van der Waals surface area (Å²) in [6.07, 6.45) is 5.96. The van der Waals surface area contributed by atoms with E-state index in [1.54, 1.807) is 6.92 Å². The summed E-state index contributed by atoms with van der Waals surface area (Å²) < 4.78 is 11.0. The lowest BCUT2D eigenvalue weighted by molar-refractivity contribution is -0.143. The van der Waals surface area contributed by atoms with E-state index in [9.17, 15) is 9.59 Å². The molecular weight excluding hydrogens is 462 g/mol. The summed E-state index contributed by atoms with van der Waals surface area (Å²) >= 11 is 0. The van der Waals surface area contributed by atoms with Crippen molar-refractivity contribution in [3.63, 3.8) is 0 Å². The molecule has 0 heterocycles. The number of nitrogens with one attached hydrogen (secondary N) is 1. The van der Waals surface area contributed by atoms with Crippen molar-refractivity contribution in [2.75, 3.05) is 6.61 Å². The van der Waals surface area contributed by atoms with Crippen LogP contribution in [0.3, 0.4) is 0 Å². The standard InChI is InChI=1S/C32H39NO4/c1-2-36-32(35)23-20-29(33-31(34)17-11-5-8-14-26-12-6-3-7-13-26)24-27-18-21-30(22-19-27)37-25-28-15-9-4-10-16-28/h3-4,6-7,9-10,12-13,15-16,18-19,21-22,29H,2,5,8,11,14,17,20,23-25H2,1H3,(H,33,34)/t29-/m0/s1. The van der Waals surface area contributed by atoms with Crippen LogP contribution in [0.1, 0.15) is 62.1 Å². The molecule has 0 aliphatic heterocycles. The SMILES string of the molecule is CCOC(=O)CC[C@@H](Cc1ccc(OCc2ccccc2)cc1)NC(=O)CCCCCc1ccccc1. The van der Waals surface area contributed by atoms with Gasteiger partial charge in [0.25, 0.3) is 0 Å². The summed E-state index contributed by atoms with van der Waals surface area (Å²) in [6, 6.07) is 28.3. The number of rotatable bonds is 16. The molecule has 0 fully saturated rings. The predicted octanol–water partition coefficient (Wildman–Crippen LogP) is 6.44. The number of hydrogen-bond acceptors (Lipinski definition) is 4.